The summed E-state index contributed by atoms with van der Waals surface area (Å²) in [6, 6.07) is 17.6. The van der Waals surface area contributed by atoms with Gasteiger partial charge in [0, 0.05) is 12.7 Å². The monoisotopic (exact) mass is 349 g/mol. The van der Waals surface area contributed by atoms with Crippen LogP contribution in [0, 0.1) is 0 Å². The fraction of sp³-hybridized carbons (Fsp3) is 0.235. The van der Waals surface area contributed by atoms with E-state index in [9.17, 15) is 9.36 Å². The zero-order chi connectivity index (χ0) is 17.4. The molecule has 7 heteroatoms. The lowest BCUT2D eigenvalue weighted by Gasteiger charge is -2.20. The van der Waals surface area contributed by atoms with Crippen LogP contribution in [0.5, 0.6) is 5.75 Å². The number of amides is 1. The van der Waals surface area contributed by atoms with Crippen LogP contribution < -0.4 is 9.42 Å². The molecule has 1 amide bonds. The van der Waals surface area contributed by atoms with Crippen LogP contribution in [0.25, 0.3) is 0 Å². The van der Waals surface area contributed by atoms with E-state index in [0.717, 1.165) is 0 Å². The van der Waals surface area contributed by atoms with E-state index in [-0.39, 0.29) is 12.5 Å². The quantitative estimate of drug-likeness (QED) is 0.677. The van der Waals surface area contributed by atoms with Crippen molar-refractivity contribution in [2.24, 2.45) is 0 Å². The first-order valence-electron chi connectivity index (χ1n) is 7.49. The molecule has 0 radical (unpaired) electrons. The SMILES string of the molecule is CCOP(=O)(OCC(=O)N(C)c1ccccc1)Oc1ccccc1. The molecule has 0 aliphatic heterocycles. The first-order chi connectivity index (χ1) is 11.5. The van der Waals surface area contributed by atoms with Gasteiger partial charge < -0.3 is 9.42 Å². The molecule has 0 bridgehead atoms. The molecule has 2 rings (SSSR count). The predicted octanol–water partition coefficient (Wildman–Crippen LogP) is 3.89. The lowest BCUT2D eigenvalue weighted by atomic mass is 10.3. The van der Waals surface area contributed by atoms with Crippen molar-refractivity contribution < 1.29 is 22.9 Å². The molecular weight excluding hydrogens is 329 g/mol. The van der Waals surface area contributed by atoms with Crippen molar-refractivity contribution in [2.75, 3.05) is 25.2 Å². The number of carbonyl (C=O) groups is 1. The number of carbonyl (C=O) groups excluding carboxylic acids is 1. The van der Waals surface area contributed by atoms with Crippen LogP contribution in [-0.4, -0.2) is 26.2 Å². The van der Waals surface area contributed by atoms with Crippen LogP contribution in [0.4, 0.5) is 5.69 Å². The van der Waals surface area contributed by atoms with E-state index in [1.807, 2.05) is 18.2 Å². The van der Waals surface area contributed by atoms with Gasteiger partial charge in [-0.1, -0.05) is 36.4 Å². The first-order valence-corrected chi connectivity index (χ1v) is 8.95. The van der Waals surface area contributed by atoms with Crippen LogP contribution in [0.1, 0.15) is 6.92 Å². The number of phosphoric ester groups is 1. The Morgan fingerprint density at radius 3 is 2.17 bits per heavy atom. The molecule has 2 aromatic rings. The molecule has 128 valence electrons. The fourth-order valence-electron chi connectivity index (χ4n) is 1.89. The van der Waals surface area contributed by atoms with E-state index in [0.29, 0.717) is 11.4 Å². The van der Waals surface area contributed by atoms with Crippen molar-refractivity contribution >= 4 is 19.4 Å². The Morgan fingerprint density at radius 2 is 1.58 bits per heavy atom. The summed E-state index contributed by atoms with van der Waals surface area (Å²) in [6.45, 7) is 1.38. The van der Waals surface area contributed by atoms with Crippen LogP contribution in [0.3, 0.4) is 0 Å². The smallest absolute Gasteiger partial charge is 0.404 e. The number of benzene rings is 2. The van der Waals surface area contributed by atoms with Gasteiger partial charge in [0.05, 0.1) is 6.61 Å². The maximum Gasteiger partial charge on any atom is 0.530 e. The lowest BCUT2D eigenvalue weighted by molar-refractivity contribution is -0.120. The highest BCUT2D eigenvalue weighted by molar-refractivity contribution is 7.49. The highest BCUT2D eigenvalue weighted by Gasteiger charge is 2.30. The fourth-order valence-corrected chi connectivity index (χ4v) is 3.03. The number of anilines is 1. The summed E-state index contributed by atoms with van der Waals surface area (Å²) in [5, 5.41) is 0. The third kappa shape index (κ3) is 5.20. The van der Waals surface area contributed by atoms with Crippen molar-refractivity contribution in [2.45, 2.75) is 6.92 Å². The molecule has 0 N–H and O–H groups in total. The van der Waals surface area contributed by atoms with Gasteiger partial charge in [-0.25, -0.2) is 4.57 Å². The van der Waals surface area contributed by atoms with Gasteiger partial charge in [-0.3, -0.25) is 13.8 Å². The van der Waals surface area contributed by atoms with Gasteiger partial charge in [0.2, 0.25) is 0 Å². The number of hydrogen-bond acceptors (Lipinski definition) is 5. The van der Waals surface area contributed by atoms with Crippen LogP contribution in [0.15, 0.2) is 60.7 Å². The molecule has 1 atom stereocenters. The second-order valence-corrected chi connectivity index (χ2v) is 6.42. The number of nitrogens with zero attached hydrogens (tertiary/aromatic N) is 1. The van der Waals surface area contributed by atoms with Gasteiger partial charge in [-0.2, -0.15) is 0 Å². The minimum absolute atomic E-state index is 0.132. The lowest BCUT2D eigenvalue weighted by Crippen LogP contribution is -2.30. The largest absolute Gasteiger partial charge is 0.530 e. The van der Waals surface area contributed by atoms with Crippen molar-refractivity contribution in [3.8, 4) is 5.75 Å². The van der Waals surface area contributed by atoms with Gasteiger partial charge in [0.15, 0.2) is 0 Å². The summed E-state index contributed by atoms with van der Waals surface area (Å²) in [6.07, 6.45) is 0. The molecule has 24 heavy (non-hydrogen) atoms. The Hall–Kier alpha value is -2.14. The minimum atomic E-state index is -3.87. The van der Waals surface area contributed by atoms with E-state index in [1.165, 1.54) is 4.90 Å². The number of likely N-dealkylation sites (N-methyl/N-ethyl adjacent to an activating group) is 1. The molecule has 0 spiro atoms. The third-order valence-electron chi connectivity index (χ3n) is 3.11. The zero-order valence-electron chi connectivity index (χ0n) is 13.6. The number of hydrogen-bond donors (Lipinski definition) is 0. The molecule has 2 aromatic carbocycles. The van der Waals surface area contributed by atoms with E-state index >= 15 is 0 Å². The summed E-state index contributed by atoms with van der Waals surface area (Å²) in [5.74, 6) is -0.0177. The predicted molar refractivity (Wildman–Crippen MR) is 92.1 cm³/mol. The topological polar surface area (TPSA) is 65.1 Å². The average molecular weight is 349 g/mol. The molecule has 1 unspecified atom stereocenters. The van der Waals surface area contributed by atoms with E-state index in [4.69, 9.17) is 13.6 Å². The molecule has 0 fully saturated rings. The van der Waals surface area contributed by atoms with Gasteiger partial charge >= 0.3 is 7.82 Å². The standard InChI is InChI=1S/C17H20NO5P/c1-3-21-24(20,23-16-12-8-5-9-13-16)22-14-17(19)18(2)15-10-6-4-7-11-15/h4-13H,3,14H2,1-2H3. The maximum atomic E-state index is 12.6. The van der Waals surface area contributed by atoms with Crippen molar-refractivity contribution in [1.82, 2.24) is 0 Å². The average Bonchev–Trinajstić information content (AvgIpc) is 2.61. The number of phosphoric acid groups is 1. The second kappa shape index (κ2) is 8.64. The summed E-state index contributed by atoms with van der Waals surface area (Å²) in [7, 11) is -2.26. The molecule has 0 aliphatic rings. The minimum Gasteiger partial charge on any atom is -0.404 e. The van der Waals surface area contributed by atoms with Crippen LogP contribution in [0.2, 0.25) is 0 Å². The summed E-state index contributed by atoms with van der Waals surface area (Å²) < 4.78 is 28.2. The molecule has 0 heterocycles. The molecule has 0 saturated carbocycles. The Labute approximate surface area is 141 Å². The Bertz CT molecular complexity index is 693. The van der Waals surface area contributed by atoms with Gasteiger partial charge in [-0.05, 0) is 31.2 Å². The maximum absolute atomic E-state index is 12.6. The molecule has 0 aromatic heterocycles. The first kappa shape index (κ1) is 18.2. The third-order valence-corrected chi connectivity index (χ3v) is 4.57. The van der Waals surface area contributed by atoms with E-state index in [2.05, 4.69) is 0 Å². The van der Waals surface area contributed by atoms with E-state index in [1.54, 1.807) is 56.4 Å². The van der Waals surface area contributed by atoms with Gasteiger partial charge in [0.25, 0.3) is 5.91 Å². The summed E-state index contributed by atoms with van der Waals surface area (Å²) in [5.41, 5.74) is 0.710. The molecule has 6 nitrogen and oxygen atoms in total. The molecular formula is C17H20NO5P. The second-order valence-electron chi connectivity index (χ2n) is 4.83. The van der Waals surface area contributed by atoms with Crippen LogP contribution >= 0.6 is 7.82 Å². The molecule has 0 aliphatic carbocycles. The van der Waals surface area contributed by atoms with Crippen LogP contribution in [-0.2, 0) is 18.4 Å². The highest BCUT2D eigenvalue weighted by Crippen LogP contribution is 2.49. The van der Waals surface area contributed by atoms with Crippen molar-refractivity contribution in [3.63, 3.8) is 0 Å². The zero-order valence-corrected chi connectivity index (χ0v) is 14.5. The Morgan fingerprint density at radius 1 is 1.00 bits per heavy atom. The number of para-hydroxylation sites is 2. The Kier molecular flexibility index (Phi) is 6.55. The van der Waals surface area contributed by atoms with Gasteiger partial charge in [-0.15, -0.1) is 0 Å². The summed E-state index contributed by atoms with van der Waals surface area (Å²) in [4.78, 5) is 13.6. The van der Waals surface area contributed by atoms with E-state index < -0.39 is 14.4 Å². The highest BCUT2D eigenvalue weighted by atomic mass is 31.2. The Balaban J connectivity index is 2.00. The molecule has 0 saturated heterocycles. The summed E-state index contributed by atoms with van der Waals surface area (Å²) >= 11 is 0. The van der Waals surface area contributed by atoms with Gasteiger partial charge in [0.1, 0.15) is 12.4 Å². The number of rotatable bonds is 8. The van der Waals surface area contributed by atoms with Crippen molar-refractivity contribution in [3.05, 3.63) is 60.7 Å². The van der Waals surface area contributed by atoms with Crippen molar-refractivity contribution in [1.29, 1.82) is 0 Å². The normalized spacial score (nSPS) is 13.1.